The van der Waals surface area contributed by atoms with Crippen LogP contribution in [0.2, 0.25) is 0 Å². The summed E-state index contributed by atoms with van der Waals surface area (Å²) >= 11 is 1.61. The average Bonchev–Trinajstić information content (AvgIpc) is 3.24. The third kappa shape index (κ3) is 4.45. The maximum Gasteiger partial charge on any atom is 0.219 e. The van der Waals surface area contributed by atoms with Crippen LogP contribution in [0.1, 0.15) is 6.92 Å². The van der Waals surface area contributed by atoms with Crippen molar-refractivity contribution >= 4 is 34.0 Å². The van der Waals surface area contributed by atoms with Crippen LogP contribution >= 0.6 is 11.3 Å². The van der Waals surface area contributed by atoms with E-state index in [1.54, 1.807) is 37.6 Å². The molecule has 0 radical (unpaired) electrons. The van der Waals surface area contributed by atoms with Gasteiger partial charge in [0, 0.05) is 51.6 Å². The van der Waals surface area contributed by atoms with Crippen LogP contribution in [0.3, 0.4) is 0 Å². The average molecular weight is 411 g/mol. The topological polar surface area (TPSA) is 83.5 Å². The molecule has 1 fully saturated rings. The van der Waals surface area contributed by atoms with E-state index in [0.717, 1.165) is 47.6 Å². The summed E-state index contributed by atoms with van der Waals surface area (Å²) in [5, 5.41) is 4.16. The van der Waals surface area contributed by atoms with E-state index in [-0.39, 0.29) is 5.91 Å². The summed E-state index contributed by atoms with van der Waals surface area (Å²) in [6.45, 7) is 4.67. The molecule has 1 N–H and O–H groups in total. The van der Waals surface area contributed by atoms with Crippen LogP contribution in [0.4, 0.5) is 16.8 Å². The van der Waals surface area contributed by atoms with Crippen molar-refractivity contribution in [3.05, 3.63) is 42.7 Å². The summed E-state index contributed by atoms with van der Waals surface area (Å²) < 4.78 is 5.23. The minimum Gasteiger partial charge on any atom is -0.497 e. The number of nitrogens with zero attached hydrogens (tertiary/aromatic N) is 5. The van der Waals surface area contributed by atoms with Gasteiger partial charge < -0.3 is 19.9 Å². The summed E-state index contributed by atoms with van der Waals surface area (Å²) in [5.41, 5.74) is 0.851. The fourth-order valence-electron chi connectivity index (χ4n) is 3.12. The van der Waals surface area contributed by atoms with Crippen molar-refractivity contribution in [3.8, 4) is 16.3 Å². The summed E-state index contributed by atoms with van der Waals surface area (Å²) in [7, 11) is 1.62. The molecule has 1 aliphatic rings. The highest BCUT2D eigenvalue weighted by Gasteiger charge is 2.21. The fourth-order valence-corrected chi connectivity index (χ4v) is 4.06. The Bertz CT molecular complexity index is 1000. The van der Waals surface area contributed by atoms with E-state index in [1.165, 1.54) is 0 Å². The Kier molecular flexibility index (Phi) is 5.57. The van der Waals surface area contributed by atoms with Gasteiger partial charge in [-0.05, 0) is 18.2 Å². The third-order valence-electron chi connectivity index (χ3n) is 4.71. The number of carbonyl (C=O) groups excluding carboxylic acids is 1. The molecule has 0 bridgehead atoms. The van der Waals surface area contributed by atoms with E-state index in [4.69, 9.17) is 9.72 Å². The normalized spacial score (nSPS) is 14.0. The molecule has 3 aromatic heterocycles. The number of nitrogens with one attached hydrogen (secondary N) is 1. The first-order valence-corrected chi connectivity index (χ1v) is 10.1. The Labute approximate surface area is 173 Å². The largest absolute Gasteiger partial charge is 0.497 e. The molecule has 0 unspecified atom stereocenters. The van der Waals surface area contributed by atoms with Crippen molar-refractivity contribution in [3.63, 3.8) is 0 Å². The number of methoxy groups -OCH3 is 1. The van der Waals surface area contributed by atoms with Gasteiger partial charge in [-0.1, -0.05) is 17.4 Å². The van der Waals surface area contributed by atoms with Crippen LogP contribution < -0.4 is 15.0 Å². The molecule has 9 heteroatoms. The number of amides is 1. The number of piperazine rings is 1. The van der Waals surface area contributed by atoms with Gasteiger partial charge in [-0.3, -0.25) is 4.79 Å². The molecule has 0 aliphatic carbocycles. The highest BCUT2D eigenvalue weighted by atomic mass is 32.1. The molecule has 0 spiro atoms. The Morgan fingerprint density at radius 2 is 1.97 bits per heavy atom. The van der Waals surface area contributed by atoms with Crippen LogP contribution in [0.5, 0.6) is 5.75 Å². The first-order valence-electron chi connectivity index (χ1n) is 9.33. The first kappa shape index (κ1) is 19.1. The highest BCUT2D eigenvalue weighted by molar-refractivity contribution is 7.18. The standard InChI is InChI=1S/C20H22N6O2S/c1-14(27)25-8-10-26(11-9-25)20-22-13-17(29-20)16-4-3-5-18(23-16)24-19-12-15(28-2)6-7-21-19/h3-7,12-13H,8-11H2,1-2H3,(H,21,23,24). The monoisotopic (exact) mass is 410 g/mol. The smallest absolute Gasteiger partial charge is 0.219 e. The van der Waals surface area contributed by atoms with E-state index >= 15 is 0 Å². The molecule has 150 valence electrons. The zero-order valence-corrected chi connectivity index (χ0v) is 17.1. The summed E-state index contributed by atoms with van der Waals surface area (Å²) in [6.07, 6.45) is 3.54. The van der Waals surface area contributed by atoms with Gasteiger partial charge in [-0.25, -0.2) is 15.0 Å². The number of pyridine rings is 2. The van der Waals surface area contributed by atoms with Crippen LogP contribution in [0.15, 0.2) is 42.7 Å². The molecule has 4 heterocycles. The Balaban J connectivity index is 1.47. The molecule has 29 heavy (non-hydrogen) atoms. The van der Waals surface area contributed by atoms with Crippen LogP contribution in [-0.2, 0) is 4.79 Å². The Hall–Kier alpha value is -3.20. The van der Waals surface area contributed by atoms with Crippen LogP contribution in [0, 0.1) is 0 Å². The number of anilines is 3. The molecule has 4 rings (SSSR count). The second-order valence-electron chi connectivity index (χ2n) is 6.61. The number of hydrogen-bond donors (Lipinski definition) is 1. The van der Waals surface area contributed by atoms with E-state index in [2.05, 4.69) is 20.2 Å². The van der Waals surface area contributed by atoms with Crippen LogP contribution in [0.25, 0.3) is 10.6 Å². The lowest BCUT2D eigenvalue weighted by Crippen LogP contribution is -2.48. The van der Waals surface area contributed by atoms with E-state index in [0.29, 0.717) is 11.6 Å². The number of ether oxygens (including phenoxy) is 1. The maximum atomic E-state index is 11.5. The third-order valence-corrected chi connectivity index (χ3v) is 5.79. The minimum absolute atomic E-state index is 0.128. The summed E-state index contributed by atoms with van der Waals surface area (Å²) in [6, 6.07) is 9.43. The van der Waals surface area contributed by atoms with Gasteiger partial charge in [0.05, 0.1) is 17.7 Å². The SMILES string of the molecule is COc1ccnc(Nc2cccc(-c3cnc(N4CCN(C(C)=O)CC4)s3)n2)c1. The predicted molar refractivity (Wildman–Crippen MR) is 114 cm³/mol. The van der Waals surface area contributed by atoms with Crippen LogP contribution in [-0.4, -0.2) is 59.0 Å². The van der Waals surface area contributed by atoms with Gasteiger partial charge in [-0.15, -0.1) is 0 Å². The molecule has 0 atom stereocenters. The van der Waals surface area contributed by atoms with Gasteiger partial charge >= 0.3 is 0 Å². The van der Waals surface area contributed by atoms with Crippen molar-refractivity contribution in [1.82, 2.24) is 19.9 Å². The van der Waals surface area contributed by atoms with Crippen molar-refractivity contribution in [1.29, 1.82) is 0 Å². The van der Waals surface area contributed by atoms with Gasteiger partial charge in [0.1, 0.15) is 17.4 Å². The van der Waals surface area contributed by atoms with Crippen molar-refractivity contribution in [2.45, 2.75) is 6.92 Å². The fraction of sp³-hybridized carbons (Fsp3) is 0.300. The molecule has 0 aromatic carbocycles. The van der Waals surface area contributed by atoms with Gasteiger partial charge in [0.2, 0.25) is 5.91 Å². The number of thiazole rings is 1. The Morgan fingerprint density at radius 3 is 2.72 bits per heavy atom. The molecule has 1 amide bonds. The quantitative estimate of drug-likeness (QED) is 0.692. The molecule has 0 saturated carbocycles. The highest BCUT2D eigenvalue weighted by Crippen LogP contribution is 2.31. The number of hydrogen-bond acceptors (Lipinski definition) is 8. The molecular formula is C20H22N6O2S. The van der Waals surface area contributed by atoms with Gasteiger partial charge in [-0.2, -0.15) is 0 Å². The number of rotatable bonds is 5. The molecule has 1 saturated heterocycles. The molecular weight excluding hydrogens is 388 g/mol. The van der Waals surface area contributed by atoms with Gasteiger partial charge in [0.25, 0.3) is 0 Å². The lowest BCUT2D eigenvalue weighted by atomic mass is 10.3. The Morgan fingerprint density at radius 1 is 1.14 bits per heavy atom. The predicted octanol–water partition coefficient (Wildman–Crippen LogP) is 3.02. The van der Waals surface area contributed by atoms with Crippen molar-refractivity contribution < 1.29 is 9.53 Å². The van der Waals surface area contributed by atoms with E-state index < -0.39 is 0 Å². The second-order valence-corrected chi connectivity index (χ2v) is 7.62. The number of aromatic nitrogens is 3. The van der Waals surface area contributed by atoms with Crippen molar-refractivity contribution in [2.75, 3.05) is 43.5 Å². The van der Waals surface area contributed by atoms with E-state index in [1.807, 2.05) is 35.4 Å². The summed E-state index contributed by atoms with van der Waals surface area (Å²) in [4.78, 5) is 30.1. The van der Waals surface area contributed by atoms with Crippen molar-refractivity contribution in [2.24, 2.45) is 0 Å². The lowest BCUT2D eigenvalue weighted by molar-refractivity contribution is -0.129. The second kappa shape index (κ2) is 8.44. The zero-order chi connectivity index (χ0) is 20.2. The van der Waals surface area contributed by atoms with Gasteiger partial charge in [0.15, 0.2) is 5.13 Å². The minimum atomic E-state index is 0.128. The zero-order valence-electron chi connectivity index (χ0n) is 16.3. The molecule has 1 aliphatic heterocycles. The van der Waals surface area contributed by atoms with E-state index in [9.17, 15) is 4.79 Å². The first-order chi connectivity index (χ1) is 14.1. The molecule has 3 aromatic rings. The molecule has 8 nitrogen and oxygen atoms in total. The summed E-state index contributed by atoms with van der Waals surface area (Å²) in [5.74, 6) is 2.23. The maximum absolute atomic E-state index is 11.5. The lowest BCUT2D eigenvalue weighted by Gasteiger charge is -2.33. The number of carbonyl (C=O) groups is 1.